The van der Waals surface area contributed by atoms with Crippen molar-refractivity contribution < 1.29 is 8.42 Å². The van der Waals surface area contributed by atoms with Crippen LogP contribution in [0.5, 0.6) is 0 Å². The van der Waals surface area contributed by atoms with Crippen LogP contribution < -0.4 is 5.32 Å². The maximum absolute atomic E-state index is 13.4. The second-order valence-electron chi connectivity index (χ2n) is 6.55. The van der Waals surface area contributed by atoms with Gasteiger partial charge in [0.05, 0.1) is 5.52 Å². The molecule has 24 heavy (non-hydrogen) atoms. The Morgan fingerprint density at radius 2 is 2.00 bits per heavy atom. The molecule has 1 aromatic heterocycles. The molecular weight excluding hydrogens is 346 g/mol. The van der Waals surface area contributed by atoms with Gasteiger partial charge in [0.1, 0.15) is 4.90 Å². The summed E-state index contributed by atoms with van der Waals surface area (Å²) >= 11 is 0. The molecule has 1 aromatic carbocycles. The zero-order valence-electron chi connectivity index (χ0n) is 13.6. The highest BCUT2D eigenvalue weighted by atomic mass is 35.5. The third-order valence-corrected chi connectivity index (χ3v) is 6.99. The largest absolute Gasteiger partial charge is 0.315 e. The Balaban J connectivity index is 0.00000169. The van der Waals surface area contributed by atoms with Gasteiger partial charge in [0.15, 0.2) is 0 Å². The maximum Gasteiger partial charge on any atom is 0.245 e. The first-order chi connectivity index (χ1) is 11.1. The van der Waals surface area contributed by atoms with Crippen molar-refractivity contribution in [2.45, 2.75) is 43.2 Å². The first-order valence-corrected chi connectivity index (χ1v) is 9.61. The second kappa shape index (κ2) is 6.59. The third kappa shape index (κ3) is 2.81. The fraction of sp³-hybridized carbons (Fsp3) is 0.471. The number of rotatable bonds is 2. The summed E-state index contributed by atoms with van der Waals surface area (Å²) in [7, 11) is -3.53. The normalized spacial score (nSPS) is 24.5. The summed E-state index contributed by atoms with van der Waals surface area (Å²) in [6.07, 6.45) is 4.52. The molecule has 1 N–H and O–H groups in total. The number of benzene rings is 1. The van der Waals surface area contributed by atoms with E-state index in [0.717, 1.165) is 43.3 Å². The first kappa shape index (κ1) is 17.6. The smallest absolute Gasteiger partial charge is 0.245 e. The summed E-state index contributed by atoms with van der Waals surface area (Å²) in [5, 5.41) is 4.24. The number of fused-ring (bicyclic) bond motifs is 3. The molecular formula is C17H22ClN3O2S. The van der Waals surface area contributed by atoms with Crippen LogP contribution >= 0.6 is 12.4 Å². The highest BCUT2D eigenvalue weighted by molar-refractivity contribution is 7.89. The van der Waals surface area contributed by atoms with Gasteiger partial charge in [0, 0.05) is 30.2 Å². The lowest BCUT2D eigenvalue weighted by Crippen LogP contribution is -2.42. The van der Waals surface area contributed by atoms with Crippen LogP contribution in [0, 0.1) is 6.92 Å². The molecule has 2 bridgehead atoms. The fourth-order valence-electron chi connectivity index (χ4n) is 3.90. The molecule has 2 aliphatic rings. The lowest BCUT2D eigenvalue weighted by atomic mass is 10.1. The van der Waals surface area contributed by atoms with E-state index in [2.05, 4.69) is 10.3 Å². The van der Waals surface area contributed by atoms with E-state index in [1.165, 1.54) is 0 Å². The van der Waals surface area contributed by atoms with Gasteiger partial charge in [0.25, 0.3) is 0 Å². The highest BCUT2D eigenvalue weighted by Crippen LogP contribution is 2.35. The van der Waals surface area contributed by atoms with Gasteiger partial charge in [0.2, 0.25) is 10.0 Å². The molecule has 2 aromatic rings. The zero-order valence-corrected chi connectivity index (χ0v) is 15.2. The summed E-state index contributed by atoms with van der Waals surface area (Å²) in [4.78, 5) is 4.76. The molecule has 4 rings (SSSR count). The van der Waals surface area contributed by atoms with Crippen molar-refractivity contribution in [2.24, 2.45) is 0 Å². The topological polar surface area (TPSA) is 62.3 Å². The zero-order chi connectivity index (χ0) is 16.0. The summed E-state index contributed by atoms with van der Waals surface area (Å²) in [6, 6.07) is 7.59. The van der Waals surface area contributed by atoms with E-state index in [-0.39, 0.29) is 24.5 Å². The predicted octanol–water partition coefficient (Wildman–Crippen LogP) is 2.48. The quantitative estimate of drug-likeness (QED) is 0.885. The molecule has 2 aliphatic heterocycles. The van der Waals surface area contributed by atoms with Crippen molar-refractivity contribution in [3.05, 3.63) is 36.0 Å². The van der Waals surface area contributed by atoms with Gasteiger partial charge in [-0.1, -0.05) is 12.1 Å². The number of para-hydroxylation sites is 1. The van der Waals surface area contributed by atoms with Crippen molar-refractivity contribution in [2.75, 3.05) is 13.1 Å². The van der Waals surface area contributed by atoms with Crippen LogP contribution in [-0.2, 0) is 10.0 Å². The van der Waals surface area contributed by atoms with E-state index in [1.54, 1.807) is 16.6 Å². The van der Waals surface area contributed by atoms with E-state index < -0.39 is 10.0 Å². The van der Waals surface area contributed by atoms with E-state index in [1.807, 2.05) is 25.1 Å². The van der Waals surface area contributed by atoms with E-state index >= 15 is 0 Å². The fourth-order valence-corrected chi connectivity index (χ4v) is 5.96. The molecule has 2 atom stereocenters. The van der Waals surface area contributed by atoms with Crippen molar-refractivity contribution >= 4 is 33.3 Å². The molecule has 0 spiro atoms. The number of nitrogens with zero attached hydrogens (tertiary/aromatic N) is 2. The predicted molar refractivity (Wildman–Crippen MR) is 97.0 cm³/mol. The van der Waals surface area contributed by atoms with Gasteiger partial charge >= 0.3 is 0 Å². The molecule has 0 aliphatic carbocycles. The van der Waals surface area contributed by atoms with E-state index in [4.69, 9.17) is 0 Å². The van der Waals surface area contributed by atoms with Crippen molar-refractivity contribution in [3.63, 3.8) is 0 Å². The van der Waals surface area contributed by atoms with Gasteiger partial charge in [-0.2, -0.15) is 4.31 Å². The molecule has 130 valence electrons. The van der Waals surface area contributed by atoms with Crippen molar-refractivity contribution in [1.29, 1.82) is 0 Å². The van der Waals surface area contributed by atoms with Crippen LogP contribution in [-0.4, -0.2) is 42.9 Å². The number of aryl methyl sites for hydroxylation is 1. The average molecular weight is 368 g/mol. The first-order valence-electron chi connectivity index (χ1n) is 8.17. The summed E-state index contributed by atoms with van der Waals surface area (Å²) in [5.74, 6) is 0. The van der Waals surface area contributed by atoms with Crippen LogP contribution in [0.25, 0.3) is 10.9 Å². The lowest BCUT2D eigenvalue weighted by Gasteiger charge is -2.27. The van der Waals surface area contributed by atoms with Gasteiger partial charge < -0.3 is 5.32 Å². The number of halogens is 1. The Morgan fingerprint density at radius 3 is 2.83 bits per heavy atom. The molecule has 2 unspecified atom stereocenters. The monoisotopic (exact) mass is 367 g/mol. The summed E-state index contributed by atoms with van der Waals surface area (Å²) in [5.41, 5.74) is 1.61. The average Bonchev–Trinajstić information content (AvgIpc) is 2.80. The van der Waals surface area contributed by atoms with Gasteiger partial charge in [-0.25, -0.2) is 8.42 Å². The molecule has 5 nitrogen and oxygen atoms in total. The number of nitrogens with one attached hydrogen (secondary N) is 1. The molecule has 0 radical (unpaired) electrons. The molecule has 3 heterocycles. The van der Waals surface area contributed by atoms with Crippen LogP contribution in [0.1, 0.15) is 24.8 Å². The van der Waals surface area contributed by atoms with Gasteiger partial charge in [-0.3, -0.25) is 4.98 Å². The Hall–Kier alpha value is -1.21. The molecule has 7 heteroatoms. The maximum atomic E-state index is 13.4. The Morgan fingerprint density at radius 1 is 1.21 bits per heavy atom. The summed E-state index contributed by atoms with van der Waals surface area (Å²) < 4.78 is 28.5. The highest BCUT2D eigenvalue weighted by Gasteiger charge is 2.43. The minimum Gasteiger partial charge on any atom is -0.315 e. The van der Waals surface area contributed by atoms with Crippen molar-refractivity contribution in [3.8, 4) is 0 Å². The van der Waals surface area contributed by atoms with Crippen LogP contribution in [0.2, 0.25) is 0 Å². The Kier molecular flexibility index (Phi) is 4.84. The van der Waals surface area contributed by atoms with Gasteiger partial charge in [-0.15, -0.1) is 12.4 Å². The minimum atomic E-state index is -3.53. The molecule has 0 saturated carbocycles. The van der Waals surface area contributed by atoms with Crippen LogP contribution in [0.3, 0.4) is 0 Å². The van der Waals surface area contributed by atoms with Crippen molar-refractivity contribution in [1.82, 2.24) is 14.6 Å². The Bertz CT molecular complexity index is 842. The van der Waals surface area contributed by atoms with Crippen LogP contribution in [0.4, 0.5) is 0 Å². The number of sulfonamides is 1. The van der Waals surface area contributed by atoms with E-state index in [9.17, 15) is 8.42 Å². The number of pyridine rings is 1. The summed E-state index contributed by atoms with van der Waals surface area (Å²) in [6.45, 7) is 3.60. The third-order valence-electron chi connectivity index (χ3n) is 4.95. The Labute approximate surface area is 148 Å². The van der Waals surface area contributed by atoms with E-state index in [0.29, 0.717) is 10.4 Å². The SMILES string of the molecule is Cc1cnc2c(S(=O)(=O)N3C4CCNCC3CC4)cccc2c1.Cl. The molecule has 2 fully saturated rings. The van der Waals surface area contributed by atoms with Gasteiger partial charge in [-0.05, 0) is 50.4 Å². The second-order valence-corrected chi connectivity index (χ2v) is 8.36. The standard InChI is InChI=1S/C17H21N3O2S.ClH/c1-12-9-13-3-2-4-16(17(13)19-10-12)23(21,22)20-14-5-6-15(20)11-18-8-7-14;/h2-4,9-10,14-15,18H,5-8,11H2,1H3;1H. The molecule has 2 saturated heterocycles. The number of hydrogen-bond donors (Lipinski definition) is 1. The minimum absolute atomic E-state index is 0. The number of aromatic nitrogens is 1. The molecule has 0 amide bonds. The number of hydrogen-bond acceptors (Lipinski definition) is 4. The van der Waals surface area contributed by atoms with Crippen LogP contribution in [0.15, 0.2) is 35.4 Å². The lowest BCUT2D eigenvalue weighted by molar-refractivity contribution is 0.335.